The summed E-state index contributed by atoms with van der Waals surface area (Å²) < 4.78 is 6.93. The van der Waals surface area contributed by atoms with Gasteiger partial charge < -0.3 is 14.5 Å². The van der Waals surface area contributed by atoms with Crippen LogP contribution in [0.2, 0.25) is 0 Å². The minimum Gasteiger partial charge on any atom is -0.450 e. The largest absolute Gasteiger partial charge is 0.450 e. The maximum Gasteiger partial charge on any atom is 0.409 e. The zero-order valence-corrected chi connectivity index (χ0v) is 16.0. The Hall–Kier alpha value is -1.84. The van der Waals surface area contributed by atoms with E-state index < -0.39 is 0 Å². The monoisotopic (exact) mass is 382 g/mol. The van der Waals surface area contributed by atoms with Crippen molar-refractivity contribution >= 4 is 23.8 Å². The Morgan fingerprint density at radius 1 is 1.15 bits per heavy atom. The van der Waals surface area contributed by atoms with Crippen LogP contribution in [0.5, 0.6) is 0 Å². The summed E-state index contributed by atoms with van der Waals surface area (Å²) in [6.07, 6.45) is 4.42. The third-order valence-electron chi connectivity index (χ3n) is 4.85. The van der Waals surface area contributed by atoms with Gasteiger partial charge in [0.1, 0.15) is 0 Å². The second-order valence-corrected chi connectivity index (χ2v) is 7.52. The molecule has 1 aromatic rings. The molecule has 1 saturated carbocycles. The lowest BCUT2D eigenvalue weighted by molar-refractivity contribution is -0.129. The molecule has 0 unspecified atom stereocenters. The molecule has 1 aliphatic carbocycles. The number of thioether (sulfide) groups is 1. The van der Waals surface area contributed by atoms with E-state index in [0.29, 0.717) is 50.3 Å². The molecular formula is C16H26N6O3S. The van der Waals surface area contributed by atoms with E-state index in [1.54, 1.807) is 23.6 Å². The number of piperazine rings is 1. The number of aromatic nitrogens is 4. The maximum absolute atomic E-state index is 12.4. The van der Waals surface area contributed by atoms with Crippen LogP contribution in [-0.2, 0) is 15.3 Å². The molecule has 1 saturated heterocycles. The van der Waals surface area contributed by atoms with Gasteiger partial charge in [-0.15, -0.1) is 16.9 Å². The van der Waals surface area contributed by atoms with Gasteiger partial charge in [-0.25, -0.2) is 9.48 Å². The number of rotatable bonds is 6. The molecule has 0 N–H and O–H groups in total. The molecule has 3 rings (SSSR count). The predicted molar refractivity (Wildman–Crippen MR) is 96.7 cm³/mol. The molecule has 0 aromatic carbocycles. The van der Waals surface area contributed by atoms with Crippen LogP contribution in [-0.4, -0.2) is 80.5 Å². The van der Waals surface area contributed by atoms with Crippen LogP contribution in [0.1, 0.15) is 44.5 Å². The smallest absolute Gasteiger partial charge is 0.409 e. The number of nitrogens with zero attached hydrogens (tertiary/aromatic N) is 6. The van der Waals surface area contributed by atoms with Crippen LogP contribution in [0.3, 0.4) is 0 Å². The van der Waals surface area contributed by atoms with Gasteiger partial charge in [0.05, 0.1) is 24.2 Å². The lowest BCUT2D eigenvalue weighted by atomic mass is 10.2. The van der Waals surface area contributed by atoms with Crippen molar-refractivity contribution in [2.75, 3.05) is 38.5 Å². The number of amides is 2. The van der Waals surface area contributed by atoms with Crippen molar-refractivity contribution in [3.63, 3.8) is 0 Å². The van der Waals surface area contributed by atoms with Crippen LogP contribution in [0.4, 0.5) is 4.79 Å². The summed E-state index contributed by atoms with van der Waals surface area (Å²) in [5, 5.41) is 12.0. The summed E-state index contributed by atoms with van der Waals surface area (Å²) >= 11 is 1.54. The van der Waals surface area contributed by atoms with Crippen LogP contribution >= 0.6 is 11.8 Å². The van der Waals surface area contributed by atoms with Crippen molar-refractivity contribution in [3.8, 4) is 0 Å². The van der Waals surface area contributed by atoms with E-state index in [1.165, 1.54) is 12.8 Å². The first kappa shape index (κ1) is 18.9. The zero-order valence-electron chi connectivity index (χ0n) is 15.2. The molecule has 26 heavy (non-hydrogen) atoms. The van der Waals surface area contributed by atoms with Gasteiger partial charge in [-0.05, 0) is 30.2 Å². The zero-order chi connectivity index (χ0) is 18.4. The molecule has 0 atom stereocenters. The van der Waals surface area contributed by atoms with Crippen LogP contribution < -0.4 is 0 Å². The quantitative estimate of drug-likeness (QED) is 0.732. The molecule has 10 heteroatoms. The van der Waals surface area contributed by atoms with Gasteiger partial charge in [-0.1, -0.05) is 12.8 Å². The average Bonchev–Trinajstić information content (AvgIpc) is 3.33. The van der Waals surface area contributed by atoms with Crippen LogP contribution in [0, 0.1) is 0 Å². The highest BCUT2D eigenvalue weighted by atomic mass is 32.2. The van der Waals surface area contributed by atoms with Gasteiger partial charge in [0.15, 0.2) is 5.82 Å². The predicted octanol–water partition coefficient (Wildman–Crippen LogP) is 1.32. The van der Waals surface area contributed by atoms with Crippen molar-refractivity contribution in [3.05, 3.63) is 5.82 Å². The van der Waals surface area contributed by atoms with Crippen molar-refractivity contribution in [1.82, 2.24) is 30.0 Å². The van der Waals surface area contributed by atoms with E-state index >= 15 is 0 Å². The lowest BCUT2D eigenvalue weighted by Gasteiger charge is -2.34. The van der Waals surface area contributed by atoms with Crippen molar-refractivity contribution < 1.29 is 14.3 Å². The van der Waals surface area contributed by atoms with E-state index in [2.05, 4.69) is 15.5 Å². The molecule has 2 heterocycles. The Morgan fingerprint density at radius 2 is 1.85 bits per heavy atom. The summed E-state index contributed by atoms with van der Waals surface area (Å²) in [4.78, 5) is 27.5. The SMILES string of the molecule is CCOC(=O)N1CCN(C(=O)CSCc2nnnn2C2CCCC2)CC1. The normalized spacial score (nSPS) is 18.3. The average molecular weight is 382 g/mol. The van der Waals surface area contributed by atoms with E-state index in [9.17, 15) is 9.59 Å². The van der Waals surface area contributed by atoms with Gasteiger partial charge in [-0.3, -0.25) is 4.79 Å². The fourth-order valence-electron chi connectivity index (χ4n) is 3.41. The molecule has 9 nitrogen and oxygen atoms in total. The van der Waals surface area contributed by atoms with Gasteiger partial charge in [0.25, 0.3) is 0 Å². The Bertz CT molecular complexity index is 611. The molecule has 0 bridgehead atoms. The van der Waals surface area contributed by atoms with Crippen molar-refractivity contribution in [1.29, 1.82) is 0 Å². The van der Waals surface area contributed by atoms with Gasteiger partial charge in [-0.2, -0.15) is 0 Å². The third-order valence-corrected chi connectivity index (χ3v) is 5.76. The van der Waals surface area contributed by atoms with E-state index in [1.807, 2.05) is 9.58 Å². The maximum atomic E-state index is 12.4. The minimum absolute atomic E-state index is 0.0957. The summed E-state index contributed by atoms with van der Waals surface area (Å²) in [6, 6.07) is 0.409. The first-order valence-corrected chi connectivity index (χ1v) is 10.4. The standard InChI is InChI=1S/C16H26N6O3S/c1-2-25-16(24)21-9-7-20(8-10-21)15(23)12-26-11-14-17-18-19-22(14)13-5-3-4-6-13/h13H,2-12H2,1H3. The molecule has 1 aliphatic heterocycles. The van der Waals surface area contributed by atoms with Crippen LogP contribution in [0.15, 0.2) is 0 Å². The first-order valence-electron chi connectivity index (χ1n) is 9.23. The summed E-state index contributed by atoms with van der Waals surface area (Å²) in [5.41, 5.74) is 0. The first-order chi connectivity index (χ1) is 12.7. The van der Waals surface area contributed by atoms with E-state index in [-0.39, 0.29) is 12.0 Å². The van der Waals surface area contributed by atoms with Gasteiger partial charge in [0.2, 0.25) is 5.91 Å². The summed E-state index contributed by atoms with van der Waals surface area (Å²) in [7, 11) is 0. The Morgan fingerprint density at radius 3 is 2.54 bits per heavy atom. The highest BCUT2D eigenvalue weighted by Crippen LogP contribution is 2.29. The van der Waals surface area contributed by atoms with E-state index in [4.69, 9.17) is 4.74 Å². The van der Waals surface area contributed by atoms with Crippen molar-refractivity contribution in [2.24, 2.45) is 0 Å². The highest BCUT2D eigenvalue weighted by Gasteiger charge is 2.25. The number of hydrogen-bond donors (Lipinski definition) is 0. The molecule has 0 radical (unpaired) electrons. The number of ether oxygens (including phenoxy) is 1. The molecule has 0 spiro atoms. The topological polar surface area (TPSA) is 93.4 Å². The highest BCUT2D eigenvalue weighted by molar-refractivity contribution is 7.99. The van der Waals surface area contributed by atoms with Crippen molar-refractivity contribution in [2.45, 2.75) is 44.4 Å². The van der Waals surface area contributed by atoms with Crippen LogP contribution in [0.25, 0.3) is 0 Å². The molecule has 1 aromatic heterocycles. The summed E-state index contributed by atoms with van der Waals surface area (Å²) in [6.45, 7) is 4.31. The fourth-order valence-corrected chi connectivity index (χ4v) is 4.25. The van der Waals surface area contributed by atoms with E-state index in [0.717, 1.165) is 18.7 Å². The second kappa shape index (κ2) is 9.20. The molecule has 2 aliphatic rings. The summed E-state index contributed by atoms with van der Waals surface area (Å²) in [5.74, 6) is 1.98. The molecule has 2 amide bonds. The Labute approximate surface area is 157 Å². The number of tetrazole rings is 1. The minimum atomic E-state index is -0.298. The molecular weight excluding hydrogens is 356 g/mol. The Balaban J connectivity index is 1.40. The molecule has 2 fully saturated rings. The molecule has 144 valence electrons. The fraction of sp³-hybridized carbons (Fsp3) is 0.812. The Kier molecular flexibility index (Phi) is 6.70. The number of hydrogen-bond acceptors (Lipinski definition) is 7. The number of carbonyl (C=O) groups excluding carboxylic acids is 2. The van der Waals surface area contributed by atoms with Gasteiger partial charge in [0, 0.05) is 26.2 Å². The second-order valence-electron chi connectivity index (χ2n) is 6.54. The van der Waals surface area contributed by atoms with Gasteiger partial charge >= 0.3 is 6.09 Å². The lowest BCUT2D eigenvalue weighted by Crippen LogP contribution is -2.51. The third kappa shape index (κ3) is 4.66. The number of carbonyl (C=O) groups is 2.